The average molecular weight is 201 g/mol. The Morgan fingerprint density at radius 2 is 2.00 bits per heavy atom. The van der Waals surface area contributed by atoms with Crippen LogP contribution in [0.2, 0.25) is 0 Å². The van der Waals surface area contributed by atoms with Crippen molar-refractivity contribution in [2.45, 2.75) is 39.2 Å². The van der Waals surface area contributed by atoms with Crippen molar-refractivity contribution in [2.75, 3.05) is 26.4 Å². The molecule has 84 valence electrons. The Labute approximate surface area is 86.9 Å². The van der Waals surface area contributed by atoms with Crippen LogP contribution >= 0.6 is 0 Å². The fourth-order valence-electron chi connectivity index (χ4n) is 1.45. The highest BCUT2D eigenvalue weighted by atomic mass is 16.5. The third-order valence-corrected chi connectivity index (χ3v) is 2.85. The Hall–Kier alpha value is -0.120. The Balaban J connectivity index is 2.08. The van der Waals surface area contributed by atoms with E-state index in [-0.39, 0.29) is 5.41 Å². The molecule has 1 aliphatic heterocycles. The largest absolute Gasteiger partial charge is 0.381 e. The lowest BCUT2D eigenvalue weighted by Gasteiger charge is -2.26. The topological polar surface area (TPSA) is 44.5 Å². The fraction of sp³-hybridized carbons (Fsp3) is 1.00. The highest BCUT2D eigenvalue weighted by Crippen LogP contribution is 2.19. The van der Waals surface area contributed by atoms with Crippen LogP contribution in [0.5, 0.6) is 0 Å². The van der Waals surface area contributed by atoms with E-state index in [1.54, 1.807) is 0 Å². The van der Waals surface area contributed by atoms with Crippen LogP contribution in [0, 0.1) is 5.41 Å². The van der Waals surface area contributed by atoms with Crippen molar-refractivity contribution < 1.29 is 9.47 Å². The summed E-state index contributed by atoms with van der Waals surface area (Å²) in [4.78, 5) is 0. The van der Waals surface area contributed by atoms with E-state index in [4.69, 9.17) is 15.2 Å². The first-order valence-corrected chi connectivity index (χ1v) is 5.53. The first kappa shape index (κ1) is 12.0. The summed E-state index contributed by atoms with van der Waals surface area (Å²) in [7, 11) is 0. The molecule has 0 radical (unpaired) electrons. The second-order valence-electron chi connectivity index (χ2n) is 4.80. The normalized spacial score (nSPS) is 19.9. The van der Waals surface area contributed by atoms with Crippen LogP contribution in [0.3, 0.4) is 0 Å². The van der Waals surface area contributed by atoms with Crippen LogP contribution in [-0.4, -0.2) is 32.5 Å². The Kier molecular flexibility index (Phi) is 4.85. The van der Waals surface area contributed by atoms with Crippen LogP contribution in [0.1, 0.15) is 33.1 Å². The molecule has 0 amide bonds. The molecule has 1 heterocycles. The van der Waals surface area contributed by atoms with Crippen LogP contribution in [0.4, 0.5) is 0 Å². The van der Waals surface area contributed by atoms with Gasteiger partial charge in [0.2, 0.25) is 0 Å². The van der Waals surface area contributed by atoms with Crippen LogP contribution in [0.15, 0.2) is 0 Å². The summed E-state index contributed by atoms with van der Waals surface area (Å²) >= 11 is 0. The van der Waals surface area contributed by atoms with Gasteiger partial charge in [-0.05, 0) is 31.2 Å². The zero-order chi connectivity index (χ0) is 10.4. The van der Waals surface area contributed by atoms with E-state index in [2.05, 4.69) is 13.8 Å². The second-order valence-corrected chi connectivity index (χ2v) is 4.80. The van der Waals surface area contributed by atoms with Crippen molar-refractivity contribution in [3.05, 3.63) is 0 Å². The van der Waals surface area contributed by atoms with Gasteiger partial charge in [0.1, 0.15) is 0 Å². The predicted octanol–water partition coefficient (Wildman–Crippen LogP) is 1.56. The first-order chi connectivity index (χ1) is 6.64. The third kappa shape index (κ3) is 4.40. The van der Waals surface area contributed by atoms with Gasteiger partial charge in [0, 0.05) is 19.8 Å². The van der Waals surface area contributed by atoms with E-state index in [0.29, 0.717) is 6.10 Å². The van der Waals surface area contributed by atoms with Gasteiger partial charge in [-0.1, -0.05) is 13.8 Å². The highest BCUT2D eigenvalue weighted by molar-refractivity contribution is 4.69. The predicted molar refractivity (Wildman–Crippen MR) is 57.2 cm³/mol. The smallest absolute Gasteiger partial charge is 0.0619 e. The minimum absolute atomic E-state index is 0.213. The number of ether oxygens (including phenoxy) is 2. The molecule has 0 saturated carbocycles. The van der Waals surface area contributed by atoms with Gasteiger partial charge in [-0.2, -0.15) is 0 Å². The summed E-state index contributed by atoms with van der Waals surface area (Å²) in [5.74, 6) is 0. The zero-order valence-corrected chi connectivity index (χ0v) is 9.42. The molecule has 0 bridgehead atoms. The maximum Gasteiger partial charge on any atom is 0.0619 e. The van der Waals surface area contributed by atoms with Crippen molar-refractivity contribution in [1.82, 2.24) is 0 Å². The Morgan fingerprint density at radius 1 is 1.36 bits per heavy atom. The molecule has 0 aromatic heterocycles. The molecule has 0 aromatic carbocycles. The summed E-state index contributed by atoms with van der Waals surface area (Å²) in [6.07, 6.45) is 3.55. The number of rotatable bonds is 5. The van der Waals surface area contributed by atoms with Gasteiger partial charge in [-0.3, -0.25) is 0 Å². The zero-order valence-electron chi connectivity index (χ0n) is 9.42. The molecule has 0 spiro atoms. The van der Waals surface area contributed by atoms with Gasteiger partial charge >= 0.3 is 0 Å². The number of nitrogens with two attached hydrogens (primary N) is 1. The van der Waals surface area contributed by atoms with Gasteiger partial charge in [0.25, 0.3) is 0 Å². The molecule has 2 N–H and O–H groups in total. The summed E-state index contributed by atoms with van der Waals surface area (Å²) < 4.78 is 11.1. The molecular formula is C11H23NO2. The molecule has 14 heavy (non-hydrogen) atoms. The van der Waals surface area contributed by atoms with Crippen LogP contribution in [0.25, 0.3) is 0 Å². The molecule has 0 aliphatic carbocycles. The van der Waals surface area contributed by atoms with Crippen molar-refractivity contribution >= 4 is 0 Å². The quantitative estimate of drug-likeness (QED) is 0.734. The summed E-state index contributed by atoms with van der Waals surface area (Å²) in [5.41, 5.74) is 5.86. The third-order valence-electron chi connectivity index (χ3n) is 2.85. The Bertz CT molecular complexity index is 153. The number of hydrogen-bond acceptors (Lipinski definition) is 3. The second kappa shape index (κ2) is 5.69. The van der Waals surface area contributed by atoms with Gasteiger partial charge in [0.15, 0.2) is 0 Å². The molecular weight excluding hydrogens is 178 g/mol. The van der Waals surface area contributed by atoms with Crippen molar-refractivity contribution in [2.24, 2.45) is 11.1 Å². The summed E-state index contributed by atoms with van der Waals surface area (Å²) in [6.45, 7) is 7.62. The monoisotopic (exact) mass is 201 g/mol. The lowest BCUT2D eigenvalue weighted by Crippen LogP contribution is -2.28. The van der Waals surface area contributed by atoms with E-state index in [9.17, 15) is 0 Å². The maximum atomic E-state index is 5.79. The summed E-state index contributed by atoms with van der Waals surface area (Å²) in [5, 5.41) is 0. The first-order valence-electron chi connectivity index (χ1n) is 5.53. The molecule has 0 unspecified atom stereocenters. The minimum atomic E-state index is 0.213. The molecule has 3 heteroatoms. The van der Waals surface area contributed by atoms with Crippen LogP contribution in [-0.2, 0) is 9.47 Å². The molecule has 1 fully saturated rings. The molecule has 3 nitrogen and oxygen atoms in total. The minimum Gasteiger partial charge on any atom is -0.381 e. The van der Waals surface area contributed by atoms with E-state index in [1.807, 2.05) is 0 Å². The number of hydrogen-bond donors (Lipinski definition) is 1. The van der Waals surface area contributed by atoms with E-state index in [0.717, 1.165) is 45.6 Å². The standard InChI is InChI=1S/C11H23NO2/c1-11(2,9-12)5-8-14-10-3-6-13-7-4-10/h10H,3-9,12H2,1-2H3. The lowest BCUT2D eigenvalue weighted by molar-refractivity contribution is -0.0380. The van der Waals surface area contributed by atoms with Gasteiger partial charge in [-0.25, -0.2) is 0 Å². The van der Waals surface area contributed by atoms with E-state index >= 15 is 0 Å². The van der Waals surface area contributed by atoms with Crippen molar-refractivity contribution in [1.29, 1.82) is 0 Å². The van der Waals surface area contributed by atoms with E-state index < -0.39 is 0 Å². The molecule has 1 aliphatic rings. The van der Waals surface area contributed by atoms with E-state index in [1.165, 1.54) is 0 Å². The van der Waals surface area contributed by atoms with Gasteiger partial charge in [0.05, 0.1) is 6.10 Å². The fourth-order valence-corrected chi connectivity index (χ4v) is 1.45. The maximum absolute atomic E-state index is 5.79. The van der Waals surface area contributed by atoms with Crippen LogP contribution < -0.4 is 5.73 Å². The van der Waals surface area contributed by atoms with Gasteiger partial charge in [-0.15, -0.1) is 0 Å². The Morgan fingerprint density at radius 3 is 2.57 bits per heavy atom. The SMILES string of the molecule is CC(C)(CN)CCOC1CCOCC1. The highest BCUT2D eigenvalue weighted by Gasteiger charge is 2.18. The van der Waals surface area contributed by atoms with Crippen molar-refractivity contribution in [3.8, 4) is 0 Å². The molecule has 1 rings (SSSR count). The lowest BCUT2D eigenvalue weighted by atomic mass is 9.90. The van der Waals surface area contributed by atoms with Gasteiger partial charge < -0.3 is 15.2 Å². The molecule has 0 aromatic rings. The molecule has 0 atom stereocenters. The average Bonchev–Trinajstić information content (AvgIpc) is 2.19. The van der Waals surface area contributed by atoms with Crippen molar-refractivity contribution in [3.63, 3.8) is 0 Å². The summed E-state index contributed by atoms with van der Waals surface area (Å²) in [6, 6.07) is 0. The molecule has 1 saturated heterocycles.